The van der Waals surface area contributed by atoms with Gasteiger partial charge >= 0.3 is 6.03 Å². The molecule has 9 heteroatoms. The van der Waals surface area contributed by atoms with Gasteiger partial charge in [-0.1, -0.05) is 51.1 Å². The molecule has 38 heavy (non-hydrogen) atoms. The summed E-state index contributed by atoms with van der Waals surface area (Å²) in [5.74, 6) is -0.636. The zero-order chi connectivity index (χ0) is 27.3. The summed E-state index contributed by atoms with van der Waals surface area (Å²) in [5, 5.41) is 8.66. The Kier molecular flexibility index (Phi) is 7.85. The summed E-state index contributed by atoms with van der Waals surface area (Å²) >= 11 is 0. The average Bonchev–Trinajstić information content (AvgIpc) is 3.00. The summed E-state index contributed by atoms with van der Waals surface area (Å²) in [7, 11) is 0. The molecular formula is C29H32N6O3. The number of hydrogen-bond acceptors (Lipinski definition) is 6. The number of nitrogens with zero attached hydrogens (tertiary/aromatic N) is 3. The van der Waals surface area contributed by atoms with Gasteiger partial charge in [0.25, 0.3) is 5.91 Å². The number of Topliss-reactive ketones (excluding diaryl/α,β-unsaturated/α-hetero) is 1. The Balaban J connectivity index is 1.72. The molecule has 0 aliphatic carbocycles. The highest BCUT2D eigenvalue weighted by molar-refractivity contribution is 6.20. The van der Waals surface area contributed by atoms with E-state index in [1.807, 2.05) is 58.0 Å². The minimum Gasteiger partial charge on any atom is -0.385 e. The van der Waals surface area contributed by atoms with Crippen molar-refractivity contribution < 1.29 is 14.4 Å². The van der Waals surface area contributed by atoms with Crippen molar-refractivity contribution in [3.8, 4) is 0 Å². The number of benzodiazepines with no additional fused rings is 1. The lowest BCUT2D eigenvalue weighted by atomic mass is 9.90. The maximum atomic E-state index is 13.9. The molecule has 1 atom stereocenters. The van der Waals surface area contributed by atoms with Crippen molar-refractivity contribution in [2.75, 3.05) is 28.6 Å². The molecule has 1 aliphatic heterocycles. The fourth-order valence-corrected chi connectivity index (χ4v) is 3.98. The number of benzene rings is 2. The number of amides is 3. The number of para-hydroxylation sites is 1. The molecule has 0 bridgehead atoms. The van der Waals surface area contributed by atoms with E-state index in [4.69, 9.17) is 0 Å². The van der Waals surface area contributed by atoms with Crippen LogP contribution in [0.3, 0.4) is 0 Å². The minimum absolute atomic E-state index is 0.120. The van der Waals surface area contributed by atoms with E-state index in [1.54, 1.807) is 42.6 Å². The molecule has 0 saturated heterocycles. The predicted molar refractivity (Wildman–Crippen MR) is 150 cm³/mol. The fourth-order valence-electron chi connectivity index (χ4n) is 3.98. The molecule has 0 saturated carbocycles. The van der Waals surface area contributed by atoms with Crippen LogP contribution < -0.4 is 20.9 Å². The number of aromatic nitrogens is 1. The van der Waals surface area contributed by atoms with Gasteiger partial charge in [0, 0.05) is 35.1 Å². The second-order valence-corrected chi connectivity index (χ2v) is 9.92. The Morgan fingerprint density at radius 1 is 0.974 bits per heavy atom. The molecule has 4 rings (SSSR count). The highest BCUT2D eigenvalue weighted by Gasteiger charge is 2.36. The van der Waals surface area contributed by atoms with E-state index in [0.717, 1.165) is 12.2 Å². The van der Waals surface area contributed by atoms with E-state index >= 15 is 0 Å². The third kappa shape index (κ3) is 6.05. The van der Waals surface area contributed by atoms with Crippen LogP contribution >= 0.6 is 0 Å². The topological polar surface area (TPSA) is 116 Å². The third-order valence-corrected chi connectivity index (χ3v) is 6.02. The first-order valence-corrected chi connectivity index (χ1v) is 12.5. The molecule has 3 aromatic rings. The maximum Gasteiger partial charge on any atom is 0.321 e. The number of aliphatic imine (C=N–C) groups is 1. The van der Waals surface area contributed by atoms with E-state index in [-0.39, 0.29) is 12.3 Å². The summed E-state index contributed by atoms with van der Waals surface area (Å²) in [4.78, 5) is 50.5. The molecule has 3 N–H and O–H groups in total. The van der Waals surface area contributed by atoms with Crippen molar-refractivity contribution in [1.29, 1.82) is 0 Å². The SMILES string of the molecule is CCNc1cccc(NC(=O)N[C@@H]2N=C(c3ccccn3)c3ccccc3N(CC(=O)C(C)(C)C)C2=O)c1. The average molecular weight is 513 g/mol. The molecule has 2 aromatic carbocycles. The van der Waals surface area contributed by atoms with Gasteiger partial charge in [-0.05, 0) is 43.3 Å². The third-order valence-electron chi connectivity index (χ3n) is 6.02. The van der Waals surface area contributed by atoms with Crippen molar-refractivity contribution >= 4 is 40.5 Å². The molecule has 0 radical (unpaired) electrons. The second-order valence-electron chi connectivity index (χ2n) is 9.92. The summed E-state index contributed by atoms with van der Waals surface area (Å²) in [5.41, 5.74) is 2.91. The van der Waals surface area contributed by atoms with Crippen molar-refractivity contribution in [3.05, 3.63) is 84.2 Å². The number of nitrogens with one attached hydrogen (secondary N) is 3. The standard InChI is InChI=1S/C29H32N6O3/c1-5-30-19-11-10-12-20(17-19)32-28(38)34-26-27(37)35(18-24(36)29(2,3)4)23-15-7-6-13-21(23)25(33-26)22-14-8-9-16-31-22/h6-17,26,30H,5,18H2,1-4H3,(H2,32,34,38)/t26-/m0/s1. The number of urea groups is 1. The largest absolute Gasteiger partial charge is 0.385 e. The molecule has 1 aliphatic rings. The Morgan fingerprint density at radius 2 is 1.71 bits per heavy atom. The molecule has 0 unspecified atom stereocenters. The van der Waals surface area contributed by atoms with Gasteiger partial charge in [-0.3, -0.25) is 14.6 Å². The van der Waals surface area contributed by atoms with Gasteiger partial charge in [-0.2, -0.15) is 0 Å². The molecule has 2 heterocycles. The van der Waals surface area contributed by atoms with Crippen molar-refractivity contribution in [1.82, 2.24) is 10.3 Å². The van der Waals surface area contributed by atoms with Crippen LogP contribution in [-0.2, 0) is 9.59 Å². The van der Waals surface area contributed by atoms with Crippen LogP contribution in [0.15, 0.2) is 77.9 Å². The first-order chi connectivity index (χ1) is 18.2. The molecular weight excluding hydrogens is 480 g/mol. The van der Waals surface area contributed by atoms with Gasteiger partial charge in [0.1, 0.15) is 0 Å². The highest BCUT2D eigenvalue weighted by atomic mass is 16.2. The van der Waals surface area contributed by atoms with Crippen molar-refractivity contribution in [3.63, 3.8) is 0 Å². The van der Waals surface area contributed by atoms with Crippen LogP contribution in [-0.4, -0.2) is 47.7 Å². The zero-order valence-electron chi connectivity index (χ0n) is 22.0. The lowest BCUT2D eigenvalue weighted by molar-refractivity contribution is -0.127. The van der Waals surface area contributed by atoms with E-state index in [9.17, 15) is 14.4 Å². The van der Waals surface area contributed by atoms with Crippen LogP contribution in [0.25, 0.3) is 0 Å². The molecule has 1 aromatic heterocycles. The number of carbonyl (C=O) groups excluding carboxylic acids is 3. The van der Waals surface area contributed by atoms with Gasteiger partial charge in [0.15, 0.2) is 5.78 Å². The van der Waals surface area contributed by atoms with Gasteiger partial charge in [0.05, 0.1) is 23.6 Å². The number of fused-ring (bicyclic) bond motifs is 1. The van der Waals surface area contributed by atoms with E-state index in [1.165, 1.54) is 4.90 Å². The number of pyridine rings is 1. The van der Waals surface area contributed by atoms with Crippen LogP contribution in [0, 0.1) is 5.41 Å². The normalized spacial score (nSPS) is 15.2. The highest BCUT2D eigenvalue weighted by Crippen LogP contribution is 2.29. The molecule has 9 nitrogen and oxygen atoms in total. The zero-order valence-corrected chi connectivity index (χ0v) is 22.0. The smallest absolute Gasteiger partial charge is 0.321 e. The Bertz CT molecular complexity index is 1360. The van der Waals surface area contributed by atoms with Crippen molar-refractivity contribution in [2.45, 2.75) is 33.9 Å². The molecule has 0 fully saturated rings. The summed E-state index contributed by atoms with van der Waals surface area (Å²) in [6.45, 7) is 7.99. The van der Waals surface area contributed by atoms with E-state index in [0.29, 0.717) is 28.3 Å². The number of hydrogen-bond donors (Lipinski definition) is 3. The molecule has 0 spiro atoms. The Hall–Kier alpha value is -4.53. The van der Waals surface area contributed by atoms with Gasteiger partial charge in [-0.15, -0.1) is 0 Å². The lowest BCUT2D eigenvalue weighted by Crippen LogP contribution is -2.50. The fraction of sp³-hybridized carbons (Fsp3) is 0.276. The van der Waals surface area contributed by atoms with Gasteiger partial charge < -0.3 is 20.9 Å². The van der Waals surface area contributed by atoms with Crippen LogP contribution in [0.4, 0.5) is 21.9 Å². The van der Waals surface area contributed by atoms with Crippen LogP contribution in [0.1, 0.15) is 39.0 Å². The van der Waals surface area contributed by atoms with Crippen molar-refractivity contribution in [2.24, 2.45) is 10.4 Å². The lowest BCUT2D eigenvalue weighted by Gasteiger charge is -2.28. The maximum absolute atomic E-state index is 13.9. The number of ketones is 1. The first-order valence-electron chi connectivity index (χ1n) is 12.5. The van der Waals surface area contributed by atoms with Gasteiger partial charge in [-0.25, -0.2) is 9.79 Å². The monoisotopic (exact) mass is 512 g/mol. The predicted octanol–water partition coefficient (Wildman–Crippen LogP) is 4.46. The van der Waals surface area contributed by atoms with Crippen LogP contribution in [0.5, 0.6) is 0 Å². The molecule has 196 valence electrons. The summed E-state index contributed by atoms with van der Waals surface area (Å²) in [6.07, 6.45) is 0.352. The summed E-state index contributed by atoms with van der Waals surface area (Å²) < 4.78 is 0. The summed E-state index contributed by atoms with van der Waals surface area (Å²) in [6, 6.07) is 19.3. The Labute approximate surface area is 222 Å². The number of carbonyl (C=O) groups is 3. The molecule has 3 amide bonds. The number of anilines is 3. The minimum atomic E-state index is -1.29. The van der Waals surface area contributed by atoms with E-state index in [2.05, 4.69) is 25.9 Å². The number of rotatable bonds is 7. The van der Waals surface area contributed by atoms with E-state index < -0.39 is 23.5 Å². The van der Waals surface area contributed by atoms with Crippen LogP contribution in [0.2, 0.25) is 0 Å². The quantitative estimate of drug-likeness (QED) is 0.432. The first kappa shape index (κ1) is 26.5. The second kappa shape index (κ2) is 11.2. The Morgan fingerprint density at radius 3 is 2.42 bits per heavy atom. The van der Waals surface area contributed by atoms with Gasteiger partial charge in [0.2, 0.25) is 6.17 Å².